The number of amides is 2. The molecule has 0 aromatic rings. The number of carbonyl (C=O) groups is 2. The Balaban J connectivity index is 1.55. The summed E-state index contributed by atoms with van der Waals surface area (Å²) in [7, 11) is 0. The average Bonchev–Trinajstić information content (AvgIpc) is 3.55. The maximum absolute atomic E-state index is 13.8. The number of hydrogen-bond donors (Lipinski definition) is 5. The van der Waals surface area contributed by atoms with Gasteiger partial charge < -0.3 is 27.0 Å². The van der Waals surface area contributed by atoms with Crippen LogP contribution in [0.5, 0.6) is 0 Å². The minimum Gasteiger partial charge on any atom is -0.354 e. The first-order valence-electron chi connectivity index (χ1n) is 13.5. The van der Waals surface area contributed by atoms with E-state index in [1.165, 1.54) is 24.8 Å². The molecule has 0 aromatic carbocycles. The molecule has 0 bridgehead atoms. The van der Waals surface area contributed by atoms with E-state index in [1.807, 2.05) is 9.80 Å². The van der Waals surface area contributed by atoms with Crippen LogP contribution in [-0.2, 0) is 14.5 Å². The standard InChI is InChI=1S/C25H46N6O4/c26-25(27)30-14-11-20(17-30)10-12-29-23(32)18-31(21-8-4-5-9-21)24(33)22(28-13-15-35-34)16-19-6-2-1-3-7-19/h11,19,21-22,25,28,34H,1-10,12-18,26-27H2,(H,29,32)/t22-/m1/s1. The molecule has 2 fully saturated rings. The predicted molar refractivity (Wildman–Crippen MR) is 135 cm³/mol. The summed E-state index contributed by atoms with van der Waals surface area (Å²) >= 11 is 0. The predicted octanol–water partition coefficient (Wildman–Crippen LogP) is 1.13. The Hall–Kier alpha value is -1.56. The lowest BCUT2D eigenvalue weighted by Gasteiger charge is -2.34. The lowest BCUT2D eigenvalue weighted by molar-refractivity contribution is -0.240. The van der Waals surface area contributed by atoms with Crippen LogP contribution >= 0.6 is 0 Å². The third-order valence-corrected chi connectivity index (χ3v) is 7.75. The maximum Gasteiger partial charge on any atom is 0.240 e. The van der Waals surface area contributed by atoms with Gasteiger partial charge in [0.05, 0.1) is 19.2 Å². The zero-order valence-electron chi connectivity index (χ0n) is 21.1. The van der Waals surface area contributed by atoms with Crippen molar-refractivity contribution < 1.29 is 19.7 Å². The van der Waals surface area contributed by atoms with E-state index >= 15 is 0 Å². The van der Waals surface area contributed by atoms with Gasteiger partial charge in [-0.3, -0.25) is 19.7 Å². The van der Waals surface area contributed by atoms with Crippen molar-refractivity contribution in [1.29, 1.82) is 0 Å². The van der Waals surface area contributed by atoms with Crippen LogP contribution in [-0.4, -0.2) is 84.6 Å². The molecule has 3 aliphatic rings. The first-order chi connectivity index (χ1) is 17.0. The monoisotopic (exact) mass is 494 g/mol. The molecule has 35 heavy (non-hydrogen) atoms. The van der Waals surface area contributed by atoms with Gasteiger partial charge in [-0.2, -0.15) is 0 Å². The van der Waals surface area contributed by atoms with Crippen LogP contribution in [0.15, 0.2) is 11.6 Å². The van der Waals surface area contributed by atoms with Crippen molar-refractivity contribution in [3.8, 4) is 0 Å². The Morgan fingerprint density at radius 2 is 1.83 bits per heavy atom. The quantitative estimate of drug-likeness (QED) is 0.0794. The zero-order valence-corrected chi connectivity index (χ0v) is 21.1. The Labute approximate surface area is 209 Å². The highest BCUT2D eigenvalue weighted by Gasteiger charge is 2.34. The van der Waals surface area contributed by atoms with Crippen molar-refractivity contribution in [2.45, 2.75) is 89.0 Å². The van der Waals surface area contributed by atoms with E-state index < -0.39 is 6.29 Å². The second kappa shape index (κ2) is 14.9. The minimum atomic E-state index is -0.469. The number of hydrogen-bond acceptors (Lipinski definition) is 8. The molecule has 0 radical (unpaired) electrons. The molecule has 10 heteroatoms. The summed E-state index contributed by atoms with van der Waals surface area (Å²) < 4.78 is 0. The summed E-state index contributed by atoms with van der Waals surface area (Å²) in [5, 5.41) is 15.0. The van der Waals surface area contributed by atoms with E-state index in [2.05, 4.69) is 21.6 Å². The van der Waals surface area contributed by atoms with E-state index in [9.17, 15) is 9.59 Å². The highest BCUT2D eigenvalue weighted by Crippen LogP contribution is 2.29. The SMILES string of the molecule is NC(N)N1CC=C(CCNC(=O)CN(C(=O)[C@@H](CC2CCCCC2)NCCOO)C2CCCC2)C1. The van der Waals surface area contributed by atoms with Crippen LogP contribution in [0.1, 0.15) is 70.6 Å². The molecule has 0 saturated heterocycles. The fourth-order valence-corrected chi connectivity index (χ4v) is 5.73. The molecule has 200 valence electrons. The molecule has 1 atom stereocenters. The van der Waals surface area contributed by atoms with Crippen LogP contribution in [0, 0.1) is 5.92 Å². The molecular formula is C25H46N6O4. The van der Waals surface area contributed by atoms with E-state index in [-0.39, 0.29) is 37.0 Å². The fourth-order valence-electron chi connectivity index (χ4n) is 5.73. The van der Waals surface area contributed by atoms with Crippen LogP contribution < -0.4 is 22.1 Å². The summed E-state index contributed by atoms with van der Waals surface area (Å²) in [6.45, 7) is 2.60. The largest absolute Gasteiger partial charge is 0.354 e. The van der Waals surface area contributed by atoms with Gasteiger partial charge in [-0.15, -0.1) is 0 Å². The number of nitrogens with two attached hydrogens (primary N) is 2. The zero-order chi connectivity index (χ0) is 25.0. The minimum absolute atomic E-state index is 0.00152. The van der Waals surface area contributed by atoms with E-state index in [4.69, 9.17) is 16.7 Å². The number of nitrogens with one attached hydrogen (secondary N) is 2. The molecule has 1 aliphatic heterocycles. The van der Waals surface area contributed by atoms with Gasteiger partial charge in [0, 0.05) is 32.2 Å². The van der Waals surface area contributed by atoms with Crippen molar-refractivity contribution in [1.82, 2.24) is 20.4 Å². The van der Waals surface area contributed by atoms with Crippen molar-refractivity contribution in [3.63, 3.8) is 0 Å². The summed E-state index contributed by atoms with van der Waals surface area (Å²) in [5.41, 5.74) is 12.7. The number of rotatable bonds is 14. The fraction of sp³-hybridized carbons (Fsp3) is 0.840. The third kappa shape index (κ3) is 9.11. The number of carbonyl (C=O) groups excluding carboxylic acids is 2. The molecule has 1 heterocycles. The Bertz CT molecular complexity index is 691. The Morgan fingerprint density at radius 1 is 1.11 bits per heavy atom. The molecule has 0 aromatic heterocycles. The Morgan fingerprint density at radius 3 is 2.49 bits per heavy atom. The summed E-state index contributed by atoms with van der Waals surface area (Å²) in [5.74, 6) is 0.397. The maximum atomic E-state index is 13.8. The third-order valence-electron chi connectivity index (χ3n) is 7.75. The topological polar surface area (TPSA) is 146 Å². The lowest BCUT2D eigenvalue weighted by atomic mass is 9.84. The van der Waals surface area contributed by atoms with Crippen molar-refractivity contribution in [3.05, 3.63) is 11.6 Å². The van der Waals surface area contributed by atoms with Gasteiger partial charge >= 0.3 is 0 Å². The van der Waals surface area contributed by atoms with Crippen LogP contribution in [0.4, 0.5) is 0 Å². The molecule has 2 saturated carbocycles. The first-order valence-corrected chi connectivity index (χ1v) is 13.5. The van der Waals surface area contributed by atoms with E-state index in [0.29, 0.717) is 19.0 Å². The van der Waals surface area contributed by atoms with Crippen LogP contribution in [0.3, 0.4) is 0 Å². The molecule has 2 aliphatic carbocycles. The van der Waals surface area contributed by atoms with E-state index in [1.54, 1.807) is 0 Å². The van der Waals surface area contributed by atoms with Crippen LogP contribution in [0.2, 0.25) is 0 Å². The summed E-state index contributed by atoms with van der Waals surface area (Å²) in [6, 6.07) is -0.258. The van der Waals surface area contributed by atoms with Gasteiger partial charge in [0.25, 0.3) is 0 Å². The number of nitrogens with zero attached hydrogens (tertiary/aromatic N) is 2. The van der Waals surface area contributed by atoms with Gasteiger partial charge in [0.15, 0.2) is 0 Å². The average molecular weight is 495 g/mol. The molecular weight excluding hydrogens is 448 g/mol. The summed E-state index contributed by atoms with van der Waals surface area (Å²) in [4.78, 5) is 34.6. The van der Waals surface area contributed by atoms with Gasteiger partial charge in [0.1, 0.15) is 6.29 Å². The highest BCUT2D eigenvalue weighted by atomic mass is 17.1. The van der Waals surface area contributed by atoms with Crippen LogP contribution in [0.25, 0.3) is 0 Å². The van der Waals surface area contributed by atoms with Gasteiger partial charge in [-0.05, 0) is 31.6 Å². The second-order valence-corrected chi connectivity index (χ2v) is 10.4. The molecule has 0 spiro atoms. The Kier molecular flexibility index (Phi) is 11.9. The van der Waals surface area contributed by atoms with Crippen molar-refractivity contribution in [2.24, 2.45) is 17.4 Å². The lowest BCUT2D eigenvalue weighted by Crippen LogP contribution is -2.54. The first kappa shape index (κ1) is 28.0. The van der Waals surface area contributed by atoms with Gasteiger partial charge in [-0.25, -0.2) is 4.89 Å². The van der Waals surface area contributed by atoms with Gasteiger partial charge in [-0.1, -0.05) is 56.6 Å². The van der Waals surface area contributed by atoms with E-state index in [0.717, 1.165) is 64.5 Å². The molecule has 2 amide bonds. The molecule has 10 nitrogen and oxygen atoms in total. The van der Waals surface area contributed by atoms with Crippen molar-refractivity contribution >= 4 is 11.8 Å². The smallest absolute Gasteiger partial charge is 0.240 e. The molecule has 0 unspecified atom stereocenters. The molecule has 3 rings (SSSR count). The normalized spacial score (nSPS) is 20.9. The second-order valence-electron chi connectivity index (χ2n) is 10.4. The molecule has 7 N–H and O–H groups in total. The highest BCUT2D eigenvalue weighted by molar-refractivity contribution is 5.88. The van der Waals surface area contributed by atoms with Crippen molar-refractivity contribution in [2.75, 3.05) is 39.3 Å². The van der Waals surface area contributed by atoms with Gasteiger partial charge in [0.2, 0.25) is 11.8 Å². The summed E-state index contributed by atoms with van der Waals surface area (Å²) in [6.07, 6.45) is 13.2.